The molecule has 0 unspecified atom stereocenters. The van der Waals surface area contributed by atoms with Gasteiger partial charge in [-0.25, -0.2) is 4.79 Å². The van der Waals surface area contributed by atoms with E-state index < -0.39 is 23.0 Å². The standard InChI is InChI=1S/C28H24N2O7S/c1-17-5-3-4-6-21(17)29-25(31)15-30-26(32)24(38-28(30)35)14-19-9-12-22(23(13-19)36-2)37-16-18-7-10-20(11-8-18)27(33)34/h3-14H,15-16H2,1-2H3,(H,29,31)(H,33,34)/b24-14-. The van der Waals surface area contributed by atoms with Crippen LogP contribution in [0.1, 0.15) is 27.0 Å². The van der Waals surface area contributed by atoms with Crippen molar-refractivity contribution < 1.29 is 33.8 Å². The normalized spacial score (nSPS) is 14.1. The Hall–Kier alpha value is -4.57. The molecule has 9 nitrogen and oxygen atoms in total. The number of carboxylic acids is 1. The number of hydrogen-bond acceptors (Lipinski definition) is 7. The lowest BCUT2D eigenvalue weighted by Gasteiger charge is -2.13. The summed E-state index contributed by atoms with van der Waals surface area (Å²) >= 11 is 0.761. The predicted octanol–water partition coefficient (Wildman–Crippen LogP) is 4.96. The zero-order chi connectivity index (χ0) is 27.2. The molecule has 1 aliphatic heterocycles. The number of carbonyl (C=O) groups excluding carboxylic acids is 3. The lowest BCUT2D eigenvalue weighted by atomic mass is 10.1. The van der Waals surface area contributed by atoms with Crippen LogP contribution in [-0.4, -0.2) is 46.7 Å². The summed E-state index contributed by atoms with van der Waals surface area (Å²) < 4.78 is 11.2. The second-order valence-electron chi connectivity index (χ2n) is 8.33. The van der Waals surface area contributed by atoms with Gasteiger partial charge in [0.05, 0.1) is 17.6 Å². The Bertz CT molecular complexity index is 1430. The van der Waals surface area contributed by atoms with E-state index >= 15 is 0 Å². The van der Waals surface area contributed by atoms with Gasteiger partial charge in [-0.15, -0.1) is 0 Å². The lowest BCUT2D eigenvalue weighted by molar-refractivity contribution is -0.127. The Morgan fingerprint density at radius 3 is 2.45 bits per heavy atom. The largest absolute Gasteiger partial charge is 0.493 e. The van der Waals surface area contributed by atoms with Crippen molar-refractivity contribution in [3.63, 3.8) is 0 Å². The highest BCUT2D eigenvalue weighted by atomic mass is 32.2. The number of ether oxygens (including phenoxy) is 2. The Morgan fingerprint density at radius 1 is 1.03 bits per heavy atom. The smallest absolute Gasteiger partial charge is 0.335 e. The molecule has 0 spiro atoms. The molecule has 0 saturated carbocycles. The van der Waals surface area contributed by atoms with Crippen LogP contribution in [0.4, 0.5) is 10.5 Å². The van der Waals surface area contributed by atoms with E-state index in [4.69, 9.17) is 14.6 Å². The van der Waals surface area contributed by atoms with Gasteiger partial charge in [-0.1, -0.05) is 36.4 Å². The predicted molar refractivity (Wildman–Crippen MR) is 143 cm³/mol. The highest BCUT2D eigenvalue weighted by Crippen LogP contribution is 2.35. The number of aromatic carboxylic acids is 1. The summed E-state index contributed by atoms with van der Waals surface area (Å²) in [7, 11) is 1.48. The van der Waals surface area contributed by atoms with Crippen molar-refractivity contribution in [2.75, 3.05) is 19.0 Å². The number of para-hydroxylation sites is 1. The first kappa shape index (κ1) is 26.5. The third kappa shape index (κ3) is 6.22. The molecule has 1 aliphatic rings. The van der Waals surface area contributed by atoms with E-state index in [2.05, 4.69) is 5.32 Å². The number of carbonyl (C=O) groups is 4. The van der Waals surface area contributed by atoms with E-state index in [1.807, 2.05) is 19.1 Å². The summed E-state index contributed by atoms with van der Waals surface area (Å²) in [6.07, 6.45) is 1.56. The summed E-state index contributed by atoms with van der Waals surface area (Å²) in [5.74, 6) is -1.16. The fourth-order valence-electron chi connectivity index (χ4n) is 3.63. The zero-order valence-corrected chi connectivity index (χ0v) is 21.4. The van der Waals surface area contributed by atoms with Crippen LogP contribution in [0.5, 0.6) is 11.5 Å². The molecule has 10 heteroatoms. The van der Waals surface area contributed by atoms with Gasteiger partial charge in [0.15, 0.2) is 11.5 Å². The minimum atomic E-state index is -1.00. The second kappa shape index (κ2) is 11.7. The molecule has 0 radical (unpaired) electrons. The monoisotopic (exact) mass is 532 g/mol. The van der Waals surface area contributed by atoms with E-state index in [1.54, 1.807) is 48.5 Å². The average Bonchev–Trinajstić information content (AvgIpc) is 3.16. The molecule has 1 saturated heterocycles. The molecule has 1 fully saturated rings. The van der Waals surface area contributed by atoms with Gasteiger partial charge in [-0.05, 0) is 71.8 Å². The molecule has 0 bridgehead atoms. The Kier molecular flexibility index (Phi) is 8.12. The number of anilines is 1. The van der Waals surface area contributed by atoms with Gasteiger partial charge >= 0.3 is 5.97 Å². The van der Waals surface area contributed by atoms with Crippen LogP contribution in [0, 0.1) is 6.92 Å². The first-order valence-electron chi connectivity index (χ1n) is 11.5. The number of benzene rings is 3. The molecule has 0 aromatic heterocycles. The number of hydrogen-bond donors (Lipinski definition) is 2. The van der Waals surface area contributed by atoms with Crippen molar-refractivity contribution in [3.8, 4) is 11.5 Å². The number of nitrogens with zero attached hydrogens (tertiary/aromatic N) is 1. The topological polar surface area (TPSA) is 122 Å². The van der Waals surface area contributed by atoms with Crippen molar-refractivity contribution in [1.82, 2.24) is 4.90 Å². The van der Waals surface area contributed by atoms with Crippen LogP contribution >= 0.6 is 11.8 Å². The third-order valence-electron chi connectivity index (χ3n) is 5.68. The van der Waals surface area contributed by atoms with Crippen LogP contribution in [0.25, 0.3) is 6.08 Å². The first-order valence-corrected chi connectivity index (χ1v) is 12.3. The molecular weight excluding hydrogens is 508 g/mol. The Balaban J connectivity index is 1.42. The van der Waals surface area contributed by atoms with Gasteiger partial charge in [-0.2, -0.15) is 0 Å². The van der Waals surface area contributed by atoms with E-state index in [0.717, 1.165) is 27.8 Å². The van der Waals surface area contributed by atoms with Crippen LogP contribution in [-0.2, 0) is 16.2 Å². The lowest BCUT2D eigenvalue weighted by Crippen LogP contribution is -2.36. The van der Waals surface area contributed by atoms with Crippen LogP contribution in [0.2, 0.25) is 0 Å². The molecule has 1 heterocycles. The zero-order valence-electron chi connectivity index (χ0n) is 20.6. The van der Waals surface area contributed by atoms with Gasteiger partial charge in [0.1, 0.15) is 13.2 Å². The molecule has 0 atom stereocenters. The summed E-state index contributed by atoms with van der Waals surface area (Å²) in [6, 6.07) is 18.6. The van der Waals surface area contributed by atoms with Crippen LogP contribution in [0.3, 0.4) is 0 Å². The van der Waals surface area contributed by atoms with Crippen molar-refractivity contribution in [1.29, 1.82) is 0 Å². The summed E-state index contributed by atoms with van der Waals surface area (Å²) in [6.45, 7) is 1.65. The molecular formula is C28H24N2O7S. The molecule has 3 aromatic carbocycles. The van der Waals surface area contributed by atoms with Crippen LogP contribution < -0.4 is 14.8 Å². The van der Waals surface area contributed by atoms with E-state index in [9.17, 15) is 19.2 Å². The molecule has 0 aliphatic carbocycles. The number of carboxylic acid groups (broad SMARTS) is 1. The highest BCUT2D eigenvalue weighted by Gasteiger charge is 2.36. The maximum Gasteiger partial charge on any atom is 0.335 e. The number of rotatable bonds is 9. The van der Waals surface area contributed by atoms with Gasteiger partial charge in [0, 0.05) is 5.69 Å². The number of imide groups is 1. The van der Waals surface area contributed by atoms with E-state index in [-0.39, 0.29) is 23.6 Å². The summed E-state index contributed by atoms with van der Waals surface area (Å²) in [5.41, 5.74) is 3.06. The molecule has 194 valence electrons. The molecule has 4 rings (SSSR count). The Labute approximate surface area is 223 Å². The minimum absolute atomic E-state index is 0.187. The minimum Gasteiger partial charge on any atom is -0.493 e. The van der Waals surface area contributed by atoms with Crippen molar-refractivity contribution in [3.05, 3.63) is 93.9 Å². The number of aryl methyl sites for hydroxylation is 1. The highest BCUT2D eigenvalue weighted by molar-refractivity contribution is 8.18. The maximum atomic E-state index is 12.9. The van der Waals surface area contributed by atoms with Gasteiger partial charge in [0.25, 0.3) is 11.1 Å². The molecule has 38 heavy (non-hydrogen) atoms. The third-order valence-corrected chi connectivity index (χ3v) is 6.58. The van der Waals surface area contributed by atoms with Crippen molar-refractivity contribution >= 4 is 46.5 Å². The fourth-order valence-corrected chi connectivity index (χ4v) is 4.47. The number of nitrogens with one attached hydrogen (secondary N) is 1. The molecule has 3 amide bonds. The summed E-state index contributed by atoms with van der Waals surface area (Å²) in [5, 5.41) is 11.2. The molecule has 3 aromatic rings. The number of methoxy groups -OCH3 is 1. The maximum absolute atomic E-state index is 12.9. The SMILES string of the molecule is COc1cc(/C=C2\SC(=O)N(CC(=O)Nc3ccccc3C)C2=O)ccc1OCc1ccc(C(=O)O)cc1. The number of thioether (sulfide) groups is 1. The number of amides is 3. The molecule has 2 N–H and O–H groups in total. The van der Waals surface area contributed by atoms with Crippen molar-refractivity contribution in [2.45, 2.75) is 13.5 Å². The van der Waals surface area contributed by atoms with Gasteiger partial charge in [-0.3, -0.25) is 19.3 Å². The van der Waals surface area contributed by atoms with Crippen molar-refractivity contribution in [2.24, 2.45) is 0 Å². The van der Waals surface area contributed by atoms with Gasteiger partial charge < -0.3 is 19.9 Å². The average molecular weight is 533 g/mol. The van der Waals surface area contributed by atoms with Gasteiger partial charge in [0.2, 0.25) is 5.91 Å². The first-order chi connectivity index (χ1) is 18.2. The fraction of sp³-hybridized carbons (Fsp3) is 0.143. The Morgan fingerprint density at radius 2 is 1.76 bits per heavy atom. The van der Waals surface area contributed by atoms with Crippen LogP contribution in [0.15, 0.2) is 71.6 Å². The van der Waals surface area contributed by atoms with E-state index in [0.29, 0.717) is 22.7 Å². The van der Waals surface area contributed by atoms with E-state index in [1.165, 1.54) is 19.2 Å². The second-order valence-corrected chi connectivity index (χ2v) is 9.33. The summed E-state index contributed by atoms with van der Waals surface area (Å²) in [4.78, 5) is 49.9. The quantitative estimate of drug-likeness (QED) is 0.371.